The maximum atomic E-state index is 10.6. The van der Waals surface area contributed by atoms with Crippen molar-refractivity contribution in [1.29, 1.82) is 0 Å². The van der Waals surface area contributed by atoms with Crippen molar-refractivity contribution in [1.82, 2.24) is 19.9 Å². The highest BCUT2D eigenvalue weighted by Crippen LogP contribution is 2.15. The highest BCUT2D eigenvalue weighted by atomic mass is 32.1. The Labute approximate surface area is 128 Å². The van der Waals surface area contributed by atoms with Gasteiger partial charge in [0.2, 0.25) is 4.77 Å². The molecular weight excluding hydrogens is 306 g/mol. The van der Waals surface area contributed by atoms with Gasteiger partial charge in [0.05, 0.1) is 17.5 Å². The molecule has 1 aromatic carbocycles. The van der Waals surface area contributed by atoms with Crippen LogP contribution in [0.4, 0.5) is 11.5 Å². The van der Waals surface area contributed by atoms with E-state index in [-0.39, 0.29) is 10.5 Å². The summed E-state index contributed by atoms with van der Waals surface area (Å²) in [5.41, 5.74) is 4.68. The molecule has 0 amide bonds. The van der Waals surface area contributed by atoms with Crippen LogP contribution in [0.5, 0.6) is 0 Å². The summed E-state index contributed by atoms with van der Waals surface area (Å²) in [5.74, 6) is 0.533. The molecule has 0 aliphatic carbocycles. The lowest BCUT2D eigenvalue weighted by molar-refractivity contribution is -0.384. The van der Waals surface area contributed by atoms with Gasteiger partial charge in [-0.2, -0.15) is 10.1 Å². The van der Waals surface area contributed by atoms with Crippen molar-refractivity contribution in [3.63, 3.8) is 0 Å². The molecule has 0 atom stereocenters. The topological polar surface area (TPSA) is 125 Å². The van der Waals surface area contributed by atoms with Gasteiger partial charge in [-0.1, -0.05) is 0 Å². The summed E-state index contributed by atoms with van der Waals surface area (Å²) in [6.07, 6.45) is 3.04. The Morgan fingerprint density at radius 2 is 2.14 bits per heavy atom. The number of nitro groups is 1. The molecule has 3 N–H and O–H groups in total. The predicted octanol–water partition coefficient (Wildman–Crippen LogP) is 2.37. The lowest BCUT2D eigenvalue weighted by Crippen LogP contribution is -1.97. The van der Waals surface area contributed by atoms with E-state index in [0.717, 1.165) is 0 Å². The fraction of sp³-hybridized carbons (Fsp3) is 0. The van der Waals surface area contributed by atoms with Gasteiger partial charge in [-0.3, -0.25) is 15.5 Å². The molecular formula is C12H9N7O2S. The molecule has 22 heavy (non-hydrogen) atoms. The van der Waals surface area contributed by atoms with Crippen LogP contribution < -0.4 is 5.43 Å². The number of H-pyrrole nitrogens is 2. The number of fused-ring (bicyclic) bond motifs is 1. The van der Waals surface area contributed by atoms with Crippen LogP contribution >= 0.6 is 12.2 Å². The number of aromatic nitrogens is 4. The molecule has 0 bridgehead atoms. The third-order valence-corrected chi connectivity index (χ3v) is 3.00. The summed E-state index contributed by atoms with van der Waals surface area (Å²) >= 11 is 5.00. The molecule has 2 heterocycles. The molecule has 0 radical (unpaired) electrons. The zero-order valence-electron chi connectivity index (χ0n) is 11.0. The smallest absolute Gasteiger partial charge is 0.269 e. The Kier molecular flexibility index (Phi) is 3.58. The van der Waals surface area contributed by atoms with E-state index >= 15 is 0 Å². The largest absolute Gasteiger partial charge is 0.340 e. The van der Waals surface area contributed by atoms with E-state index in [4.69, 9.17) is 12.2 Å². The fourth-order valence-electron chi connectivity index (χ4n) is 1.79. The number of nitro benzene ring substituents is 1. The van der Waals surface area contributed by atoms with Crippen molar-refractivity contribution >= 4 is 41.1 Å². The van der Waals surface area contributed by atoms with Crippen LogP contribution in [0.15, 0.2) is 35.7 Å². The first-order chi connectivity index (χ1) is 10.6. The number of anilines is 1. The maximum absolute atomic E-state index is 10.6. The summed E-state index contributed by atoms with van der Waals surface area (Å²) in [4.78, 5) is 24.0. The molecule has 0 aliphatic heterocycles. The first-order valence-electron chi connectivity index (χ1n) is 6.10. The molecule has 0 saturated heterocycles. The Morgan fingerprint density at radius 1 is 1.36 bits per heavy atom. The summed E-state index contributed by atoms with van der Waals surface area (Å²) in [5, 5.41) is 14.6. The van der Waals surface area contributed by atoms with Crippen molar-refractivity contribution in [2.75, 3.05) is 5.43 Å². The number of hydrazone groups is 1. The molecule has 10 heteroatoms. The minimum absolute atomic E-state index is 0.0301. The molecule has 9 nitrogen and oxygen atoms in total. The number of imidazole rings is 1. The average molecular weight is 315 g/mol. The van der Waals surface area contributed by atoms with Gasteiger partial charge in [-0.25, -0.2) is 4.98 Å². The van der Waals surface area contributed by atoms with Gasteiger partial charge in [0, 0.05) is 12.1 Å². The molecule has 0 unspecified atom stereocenters. The first-order valence-corrected chi connectivity index (χ1v) is 6.51. The van der Waals surface area contributed by atoms with Gasteiger partial charge in [-0.15, -0.1) is 0 Å². The molecule has 110 valence electrons. The van der Waals surface area contributed by atoms with Crippen molar-refractivity contribution in [3.8, 4) is 0 Å². The first kappa shape index (κ1) is 13.8. The standard InChI is InChI=1S/C12H9N7O2S/c20-19(21)8-3-1-7(2-4-8)5-15-18-11-9-10(14-6-13-9)16-12(22)17-11/h1-6H,(H3,13,14,16,17,18,22). The van der Waals surface area contributed by atoms with Crippen LogP contribution in [0.3, 0.4) is 0 Å². The number of aromatic amines is 2. The lowest BCUT2D eigenvalue weighted by Gasteiger charge is -2.01. The molecule has 3 rings (SSSR count). The van der Waals surface area contributed by atoms with Gasteiger partial charge >= 0.3 is 0 Å². The zero-order valence-corrected chi connectivity index (χ0v) is 11.8. The van der Waals surface area contributed by atoms with Crippen molar-refractivity contribution in [2.45, 2.75) is 0 Å². The number of hydrogen-bond donors (Lipinski definition) is 3. The van der Waals surface area contributed by atoms with E-state index in [0.29, 0.717) is 22.5 Å². The summed E-state index contributed by atoms with van der Waals surface area (Å²) in [6, 6.07) is 6.02. The van der Waals surface area contributed by atoms with Crippen LogP contribution in [-0.2, 0) is 0 Å². The molecule has 2 aromatic heterocycles. The Balaban J connectivity index is 1.80. The normalized spacial score (nSPS) is 11.1. The summed E-state index contributed by atoms with van der Waals surface area (Å²) in [7, 11) is 0. The van der Waals surface area contributed by atoms with Gasteiger partial charge in [-0.05, 0) is 29.9 Å². The molecule has 3 aromatic rings. The fourth-order valence-corrected chi connectivity index (χ4v) is 1.98. The van der Waals surface area contributed by atoms with Gasteiger partial charge < -0.3 is 9.97 Å². The van der Waals surface area contributed by atoms with Crippen LogP contribution in [0.2, 0.25) is 0 Å². The van der Waals surface area contributed by atoms with E-state index < -0.39 is 4.92 Å². The van der Waals surface area contributed by atoms with Crippen LogP contribution in [-0.4, -0.2) is 31.1 Å². The van der Waals surface area contributed by atoms with Crippen LogP contribution in [0, 0.1) is 14.9 Å². The Hall–Kier alpha value is -3.14. The third kappa shape index (κ3) is 2.81. The summed E-state index contributed by atoms with van der Waals surface area (Å²) < 4.78 is 0.285. The number of nitrogens with zero attached hydrogens (tertiary/aromatic N) is 4. The second-order valence-corrected chi connectivity index (χ2v) is 4.62. The quantitative estimate of drug-likeness (QED) is 0.294. The van der Waals surface area contributed by atoms with Crippen molar-refractivity contribution < 1.29 is 4.92 Å². The molecule has 0 aliphatic rings. The van der Waals surface area contributed by atoms with Crippen molar-refractivity contribution in [2.24, 2.45) is 5.10 Å². The Bertz CT molecular complexity index is 913. The minimum Gasteiger partial charge on any atom is -0.340 e. The third-order valence-electron chi connectivity index (χ3n) is 2.80. The van der Waals surface area contributed by atoms with E-state index in [9.17, 15) is 10.1 Å². The van der Waals surface area contributed by atoms with Crippen LogP contribution in [0.1, 0.15) is 5.56 Å². The highest BCUT2D eigenvalue weighted by molar-refractivity contribution is 7.71. The number of hydrogen-bond acceptors (Lipinski definition) is 7. The minimum atomic E-state index is -0.453. The second kappa shape index (κ2) is 5.69. The van der Waals surface area contributed by atoms with E-state index in [2.05, 4.69) is 30.5 Å². The van der Waals surface area contributed by atoms with Gasteiger partial charge in [0.25, 0.3) is 5.69 Å². The number of rotatable bonds is 4. The number of non-ortho nitro benzene ring substituents is 1. The average Bonchev–Trinajstić information content (AvgIpc) is 2.96. The lowest BCUT2D eigenvalue weighted by atomic mass is 10.2. The monoisotopic (exact) mass is 315 g/mol. The van der Waals surface area contributed by atoms with E-state index in [1.165, 1.54) is 24.7 Å². The number of nitrogens with one attached hydrogen (secondary N) is 3. The second-order valence-electron chi connectivity index (χ2n) is 4.24. The zero-order chi connectivity index (χ0) is 15.5. The van der Waals surface area contributed by atoms with Gasteiger partial charge in [0.1, 0.15) is 5.52 Å². The molecule has 0 saturated carbocycles. The van der Waals surface area contributed by atoms with E-state index in [1.54, 1.807) is 12.1 Å². The highest BCUT2D eigenvalue weighted by Gasteiger charge is 2.05. The maximum Gasteiger partial charge on any atom is 0.269 e. The summed E-state index contributed by atoms with van der Waals surface area (Å²) in [6.45, 7) is 0. The van der Waals surface area contributed by atoms with E-state index in [1.807, 2.05) is 0 Å². The molecule has 0 fully saturated rings. The SMILES string of the molecule is O=[N+]([O-])c1ccc(C=NNc2[nH]c(=S)nc3nc[nH]c23)cc1. The Morgan fingerprint density at radius 3 is 2.86 bits per heavy atom. The predicted molar refractivity (Wildman–Crippen MR) is 83.4 cm³/mol. The van der Waals surface area contributed by atoms with Gasteiger partial charge in [0.15, 0.2) is 11.5 Å². The number of benzene rings is 1. The molecule has 0 spiro atoms. The van der Waals surface area contributed by atoms with Crippen molar-refractivity contribution in [3.05, 3.63) is 51.0 Å². The van der Waals surface area contributed by atoms with Crippen LogP contribution in [0.25, 0.3) is 11.2 Å².